The molecule has 1 aliphatic heterocycles. The van der Waals surface area contributed by atoms with Crippen LogP contribution in [-0.4, -0.2) is 47.8 Å². The highest BCUT2D eigenvalue weighted by Crippen LogP contribution is 2.31. The Balaban J connectivity index is 2.04. The summed E-state index contributed by atoms with van der Waals surface area (Å²) < 4.78 is 33.9. The number of aromatic nitrogens is 2. The summed E-state index contributed by atoms with van der Waals surface area (Å²) >= 11 is 6.12. The Kier molecular flexibility index (Phi) is 4.80. The van der Waals surface area contributed by atoms with Crippen molar-refractivity contribution < 1.29 is 17.9 Å². The number of esters is 1. The molecule has 1 unspecified atom stereocenters. The number of imidazole rings is 1. The first kappa shape index (κ1) is 17.2. The van der Waals surface area contributed by atoms with Crippen LogP contribution in [-0.2, 0) is 19.6 Å². The molecule has 1 atom stereocenters. The number of hydrogen-bond acceptors (Lipinski definition) is 5. The van der Waals surface area contributed by atoms with Crippen molar-refractivity contribution in [2.24, 2.45) is 0 Å². The second-order valence-corrected chi connectivity index (χ2v) is 7.85. The summed E-state index contributed by atoms with van der Waals surface area (Å²) in [7, 11) is -2.59. The maximum atomic E-state index is 13.2. The van der Waals surface area contributed by atoms with E-state index in [0.29, 0.717) is 18.6 Å². The first-order valence-corrected chi connectivity index (χ1v) is 9.48. The summed E-state index contributed by atoms with van der Waals surface area (Å²) in [6.07, 6.45) is 3.87. The number of fused-ring (bicyclic) bond motifs is 1. The fourth-order valence-corrected chi connectivity index (χ4v) is 5.35. The predicted molar refractivity (Wildman–Crippen MR) is 88.4 cm³/mol. The second kappa shape index (κ2) is 6.70. The fourth-order valence-electron chi connectivity index (χ4n) is 3.06. The van der Waals surface area contributed by atoms with Gasteiger partial charge in [-0.2, -0.15) is 4.31 Å². The highest BCUT2D eigenvalue weighted by Gasteiger charge is 2.38. The van der Waals surface area contributed by atoms with Gasteiger partial charge in [0.15, 0.2) is 10.2 Å². The van der Waals surface area contributed by atoms with E-state index < -0.39 is 22.0 Å². The average molecular weight is 372 g/mol. The van der Waals surface area contributed by atoms with Gasteiger partial charge in [-0.1, -0.05) is 24.1 Å². The standard InChI is InChI=1S/C15H18ClN3O4S/c1-23-13(20)10-11-6-2-5-9-19(11)24(21,22)15-14(16)17-12-7-3-4-8-18(12)15/h3-4,7-8,11H,2,5-6,9-10H2,1H3. The van der Waals surface area contributed by atoms with Gasteiger partial charge in [0, 0.05) is 18.8 Å². The number of carbonyl (C=O) groups is 1. The van der Waals surface area contributed by atoms with Crippen molar-refractivity contribution in [1.29, 1.82) is 0 Å². The summed E-state index contributed by atoms with van der Waals surface area (Å²) in [4.78, 5) is 15.7. The van der Waals surface area contributed by atoms with E-state index in [0.717, 1.165) is 12.8 Å². The molecule has 9 heteroatoms. The highest BCUT2D eigenvalue weighted by molar-refractivity contribution is 7.89. The first-order valence-electron chi connectivity index (χ1n) is 7.66. The summed E-state index contributed by atoms with van der Waals surface area (Å²) in [5.74, 6) is -0.425. The minimum absolute atomic E-state index is 0.0318. The van der Waals surface area contributed by atoms with Crippen LogP contribution in [0.1, 0.15) is 25.7 Å². The number of rotatable bonds is 4. The lowest BCUT2D eigenvalue weighted by Gasteiger charge is -2.33. The Morgan fingerprint density at radius 1 is 1.42 bits per heavy atom. The summed E-state index contributed by atoms with van der Waals surface area (Å²) in [5, 5.41) is -0.125. The van der Waals surface area contributed by atoms with Gasteiger partial charge in [0.2, 0.25) is 0 Å². The Hall–Kier alpha value is -1.64. The van der Waals surface area contributed by atoms with E-state index in [4.69, 9.17) is 16.3 Å². The molecule has 2 aromatic rings. The van der Waals surface area contributed by atoms with Gasteiger partial charge in [0.1, 0.15) is 5.65 Å². The monoisotopic (exact) mass is 371 g/mol. The lowest BCUT2D eigenvalue weighted by Crippen LogP contribution is -2.45. The number of pyridine rings is 1. The zero-order chi connectivity index (χ0) is 17.3. The maximum absolute atomic E-state index is 13.2. The number of methoxy groups -OCH3 is 1. The number of sulfonamides is 1. The molecule has 1 aliphatic rings. The zero-order valence-electron chi connectivity index (χ0n) is 13.2. The lowest BCUT2D eigenvalue weighted by molar-refractivity contribution is -0.141. The highest BCUT2D eigenvalue weighted by atomic mass is 35.5. The van der Waals surface area contributed by atoms with Crippen molar-refractivity contribution in [3.05, 3.63) is 29.5 Å². The molecule has 0 aliphatic carbocycles. The van der Waals surface area contributed by atoms with Gasteiger partial charge < -0.3 is 4.74 Å². The number of hydrogen-bond donors (Lipinski definition) is 0. The molecule has 0 spiro atoms. The van der Waals surface area contributed by atoms with Gasteiger partial charge in [-0.25, -0.2) is 13.4 Å². The van der Waals surface area contributed by atoms with Crippen LogP contribution in [0.5, 0.6) is 0 Å². The van der Waals surface area contributed by atoms with Crippen LogP contribution in [0.3, 0.4) is 0 Å². The predicted octanol–water partition coefficient (Wildman–Crippen LogP) is 2.09. The molecule has 7 nitrogen and oxygen atoms in total. The van der Waals surface area contributed by atoms with Gasteiger partial charge in [-0.05, 0) is 25.0 Å². The van der Waals surface area contributed by atoms with Gasteiger partial charge in [0.05, 0.1) is 13.5 Å². The molecule has 2 aromatic heterocycles. The van der Waals surface area contributed by atoms with Gasteiger partial charge in [-0.3, -0.25) is 9.20 Å². The number of nitrogens with zero attached hydrogens (tertiary/aromatic N) is 3. The molecule has 24 heavy (non-hydrogen) atoms. The molecule has 0 radical (unpaired) electrons. The minimum atomic E-state index is -3.88. The van der Waals surface area contributed by atoms with Crippen molar-refractivity contribution in [3.63, 3.8) is 0 Å². The SMILES string of the molecule is COC(=O)CC1CCCCN1S(=O)(=O)c1c(Cl)nc2ccccn12. The van der Waals surface area contributed by atoms with Gasteiger partial charge in [-0.15, -0.1) is 0 Å². The third-order valence-corrected chi connectivity index (χ3v) is 6.55. The van der Waals surface area contributed by atoms with Crippen LogP contribution >= 0.6 is 11.6 Å². The summed E-state index contributed by atoms with van der Waals surface area (Å²) in [6.45, 7) is 0.348. The molecule has 1 saturated heterocycles. The normalized spacial score (nSPS) is 19.5. The van der Waals surface area contributed by atoms with Crippen LogP contribution in [0.15, 0.2) is 29.4 Å². The van der Waals surface area contributed by atoms with Crippen molar-refractivity contribution in [3.8, 4) is 0 Å². The quantitative estimate of drug-likeness (QED) is 0.769. The molecule has 0 N–H and O–H groups in total. The van der Waals surface area contributed by atoms with E-state index >= 15 is 0 Å². The molecule has 3 rings (SSSR count). The van der Waals surface area contributed by atoms with E-state index in [2.05, 4.69) is 4.98 Å². The van der Waals surface area contributed by atoms with Crippen LogP contribution in [0.2, 0.25) is 5.15 Å². The molecule has 0 aromatic carbocycles. The Morgan fingerprint density at radius 3 is 2.96 bits per heavy atom. The second-order valence-electron chi connectivity index (χ2n) is 5.68. The molecule has 3 heterocycles. The smallest absolute Gasteiger partial charge is 0.307 e. The lowest BCUT2D eigenvalue weighted by atomic mass is 10.0. The molecular weight excluding hydrogens is 354 g/mol. The molecule has 0 saturated carbocycles. The van der Waals surface area contributed by atoms with E-state index in [-0.39, 0.29) is 16.6 Å². The number of halogens is 1. The van der Waals surface area contributed by atoms with Crippen LogP contribution in [0.25, 0.3) is 5.65 Å². The summed E-state index contributed by atoms with van der Waals surface area (Å²) in [5.41, 5.74) is 0.461. The Bertz CT molecular complexity index is 865. The van der Waals surface area contributed by atoms with Crippen molar-refractivity contribution in [1.82, 2.24) is 13.7 Å². The van der Waals surface area contributed by atoms with Crippen LogP contribution in [0.4, 0.5) is 0 Å². The molecule has 1 fully saturated rings. The van der Waals surface area contributed by atoms with E-state index in [1.54, 1.807) is 24.4 Å². The van der Waals surface area contributed by atoms with Crippen molar-refractivity contribution in [2.75, 3.05) is 13.7 Å². The third-order valence-electron chi connectivity index (χ3n) is 4.20. The largest absolute Gasteiger partial charge is 0.469 e. The fraction of sp³-hybridized carbons (Fsp3) is 0.467. The third kappa shape index (κ3) is 3.01. The molecule has 0 bridgehead atoms. The maximum Gasteiger partial charge on any atom is 0.307 e. The number of piperidine rings is 1. The topological polar surface area (TPSA) is 81.0 Å². The van der Waals surface area contributed by atoms with Crippen molar-refractivity contribution in [2.45, 2.75) is 36.8 Å². The van der Waals surface area contributed by atoms with Crippen LogP contribution in [0, 0.1) is 0 Å². The number of ether oxygens (including phenoxy) is 1. The van der Waals surface area contributed by atoms with E-state index in [9.17, 15) is 13.2 Å². The molecular formula is C15H18ClN3O4S. The zero-order valence-corrected chi connectivity index (χ0v) is 14.8. The summed E-state index contributed by atoms with van der Waals surface area (Å²) in [6, 6.07) is 4.73. The first-order chi connectivity index (χ1) is 11.4. The molecule has 0 amide bonds. The van der Waals surface area contributed by atoms with E-state index in [1.165, 1.54) is 15.8 Å². The molecule has 130 valence electrons. The minimum Gasteiger partial charge on any atom is -0.469 e. The van der Waals surface area contributed by atoms with Gasteiger partial charge in [0.25, 0.3) is 10.0 Å². The Labute approximate surface area is 145 Å². The van der Waals surface area contributed by atoms with E-state index in [1.807, 2.05) is 0 Å². The van der Waals surface area contributed by atoms with Crippen LogP contribution < -0.4 is 0 Å². The average Bonchev–Trinajstić information content (AvgIpc) is 2.91. The van der Waals surface area contributed by atoms with Crippen molar-refractivity contribution >= 4 is 33.2 Å². The number of carbonyl (C=O) groups excluding carboxylic acids is 1. The Morgan fingerprint density at radius 2 is 2.21 bits per heavy atom. The van der Waals surface area contributed by atoms with Gasteiger partial charge >= 0.3 is 5.97 Å².